The molecule has 30 heavy (non-hydrogen) atoms. The van der Waals surface area contributed by atoms with E-state index in [1.54, 1.807) is 0 Å². The van der Waals surface area contributed by atoms with Crippen molar-refractivity contribution in [3.05, 3.63) is 29.3 Å². The van der Waals surface area contributed by atoms with E-state index in [0.717, 1.165) is 49.1 Å². The van der Waals surface area contributed by atoms with Crippen LogP contribution in [0.3, 0.4) is 0 Å². The van der Waals surface area contributed by atoms with E-state index in [1.165, 1.54) is 36.8 Å². The van der Waals surface area contributed by atoms with Crippen molar-refractivity contribution in [2.75, 3.05) is 6.61 Å². The summed E-state index contributed by atoms with van der Waals surface area (Å²) in [5.74, 6) is 2.99. The number of benzene rings is 1. The van der Waals surface area contributed by atoms with Crippen molar-refractivity contribution in [1.29, 1.82) is 0 Å². The lowest BCUT2D eigenvalue weighted by molar-refractivity contribution is -0.106. The van der Waals surface area contributed by atoms with Crippen molar-refractivity contribution in [3.63, 3.8) is 0 Å². The second kappa shape index (κ2) is 10.9. The molecule has 1 aliphatic carbocycles. The van der Waals surface area contributed by atoms with Crippen molar-refractivity contribution < 1.29 is 13.9 Å². The molecule has 0 saturated carbocycles. The van der Waals surface area contributed by atoms with Gasteiger partial charge in [-0.15, -0.1) is 0 Å². The zero-order valence-corrected chi connectivity index (χ0v) is 20.8. The molecular formula is C26H42O3Si. The molecule has 3 atom stereocenters. The molecule has 4 heteroatoms. The fourth-order valence-electron chi connectivity index (χ4n) is 4.89. The van der Waals surface area contributed by atoms with Crippen molar-refractivity contribution in [2.24, 2.45) is 5.92 Å². The Morgan fingerprint density at radius 2 is 1.87 bits per heavy atom. The van der Waals surface area contributed by atoms with Crippen LogP contribution in [-0.4, -0.2) is 21.2 Å². The summed E-state index contributed by atoms with van der Waals surface area (Å²) >= 11 is 0. The lowest BCUT2D eigenvalue weighted by Gasteiger charge is -2.32. The summed E-state index contributed by atoms with van der Waals surface area (Å²) < 4.78 is 19.3. The van der Waals surface area contributed by atoms with Gasteiger partial charge in [-0.3, -0.25) is 0 Å². The molecule has 1 saturated heterocycles. The fourth-order valence-corrected chi connectivity index (χ4v) is 7.47. The minimum atomic E-state index is -1.82. The number of unbranched alkanes of at least 4 members (excludes halogenated alkanes) is 1. The predicted octanol–water partition coefficient (Wildman–Crippen LogP) is 7.91. The number of hydrogen-bond donors (Lipinski definition) is 0. The minimum absolute atomic E-state index is 0.148. The monoisotopic (exact) mass is 430 g/mol. The molecule has 0 bridgehead atoms. The third-order valence-electron chi connectivity index (χ3n) is 7.30. The van der Waals surface area contributed by atoms with Crippen LogP contribution in [-0.2, 0) is 4.74 Å². The van der Waals surface area contributed by atoms with Gasteiger partial charge in [0.25, 0.3) is 8.32 Å². The molecule has 1 heterocycles. The van der Waals surface area contributed by atoms with E-state index in [2.05, 4.69) is 58.9 Å². The minimum Gasteiger partial charge on any atom is -0.541 e. The summed E-state index contributed by atoms with van der Waals surface area (Å²) in [6, 6.07) is 7.81. The summed E-state index contributed by atoms with van der Waals surface area (Å²) in [4.78, 5) is 0. The molecule has 1 fully saturated rings. The van der Waals surface area contributed by atoms with E-state index in [9.17, 15) is 0 Å². The molecule has 0 radical (unpaired) electrons. The first kappa shape index (κ1) is 23.4. The van der Waals surface area contributed by atoms with E-state index in [4.69, 9.17) is 13.9 Å². The van der Waals surface area contributed by atoms with E-state index in [1.807, 2.05) is 0 Å². The molecular weight excluding hydrogens is 388 g/mol. The van der Waals surface area contributed by atoms with Gasteiger partial charge in [0, 0.05) is 17.9 Å². The summed E-state index contributed by atoms with van der Waals surface area (Å²) in [5.41, 5.74) is 2.67. The van der Waals surface area contributed by atoms with Gasteiger partial charge < -0.3 is 13.9 Å². The van der Waals surface area contributed by atoms with Gasteiger partial charge in [-0.05, 0) is 54.9 Å². The van der Waals surface area contributed by atoms with Crippen molar-refractivity contribution >= 4 is 14.4 Å². The highest BCUT2D eigenvalue weighted by Gasteiger charge is 2.35. The summed E-state index contributed by atoms with van der Waals surface area (Å²) in [5, 5.41) is 0. The normalized spacial score (nSPS) is 22.0. The highest BCUT2D eigenvalue weighted by Crippen LogP contribution is 2.47. The van der Waals surface area contributed by atoms with Crippen molar-refractivity contribution in [1.82, 2.24) is 0 Å². The smallest absolute Gasteiger partial charge is 0.250 e. The Morgan fingerprint density at radius 3 is 2.50 bits per heavy atom. The van der Waals surface area contributed by atoms with Crippen LogP contribution in [0.25, 0.3) is 6.08 Å². The number of hydrogen-bond acceptors (Lipinski definition) is 3. The highest BCUT2D eigenvalue weighted by molar-refractivity contribution is 6.74. The maximum absolute atomic E-state index is 6.98. The first-order valence-electron chi connectivity index (χ1n) is 12.4. The first-order chi connectivity index (χ1) is 14.6. The number of rotatable bonds is 11. The zero-order chi connectivity index (χ0) is 21.6. The van der Waals surface area contributed by atoms with E-state index < -0.39 is 8.32 Å². The van der Waals surface area contributed by atoms with Gasteiger partial charge in [0.15, 0.2) is 17.8 Å². The maximum atomic E-state index is 6.98. The zero-order valence-electron chi connectivity index (χ0n) is 19.8. The third-order valence-corrected chi connectivity index (χ3v) is 11.8. The van der Waals surface area contributed by atoms with Gasteiger partial charge in [-0.25, -0.2) is 0 Å². The van der Waals surface area contributed by atoms with Crippen molar-refractivity contribution in [3.8, 4) is 11.5 Å². The summed E-state index contributed by atoms with van der Waals surface area (Å²) in [7, 11) is -1.82. The quantitative estimate of drug-likeness (QED) is 0.334. The maximum Gasteiger partial charge on any atom is 0.250 e. The Labute approximate surface area is 185 Å². The van der Waals surface area contributed by atoms with Crippen molar-refractivity contribution in [2.45, 2.75) is 103 Å². The molecule has 0 aromatic heterocycles. The van der Waals surface area contributed by atoms with Crippen LogP contribution in [0.15, 0.2) is 18.2 Å². The molecule has 2 aliphatic rings. The Kier molecular flexibility index (Phi) is 8.47. The molecule has 0 amide bonds. The van der Waals surface area contributed by atoms with Gasteiger partial charge in [0.2, 0.25) is 0 Å². The molecule has 168 valence electrons. The Bertz CT molecular complexity index is 696. The number of fused-ring (bicyclic) bond motifs is 1. The topological polar surface area (TPSA) is 27.7 Å². The second-order valence-electron chi connectivity index (χ2n) is 9.16. The van der Waals surface area contributed by atoms with E-state index in [0.29, 0.717) is 11.8 Å². The summed E-state index contributed by atoms with van der Waals surface area (Å²) in [6.07, 6.45) is 11.6. The fraction of sp³-hybridized carbons (Fsp3) is 0.692. The van der Waals surface area contributed by atoms with Gasteiger partial charge in [0.1, 0.15) is 0 Å². The molecule has 3 unspecified atom stereocenters. The van der Waals surface area contributed by atoms with Crippen LogP contribution in [0.4, 0.5) is 0 Å². The highest BCUT2D eigenvalue weighted by atomic mass is 28.4. The molecule has 1 aromatic rings. The second-order valence-corrected chi connectivity index (χ2v) is 13.9. The Morgan fingerprint density at radius 1 is 1.10 bits per heavy atom. The Hall–Kier alpha value is -1.26. The first-order valence-corrected chi connectivity index (χ1v) is 14.9. The van der Waals surface area contributed by atoms with Crippen LogP contribution in [0, 0.1) is 5.92 Å². The van der Waals surface area contributed by atoms with Crippen LogP contribution in [0.2, 0.25) is 18.1 Å². The van der Waals surface area contributed by atoms with Crippen LogP contribution in [0.1, 0.15) is 90.2 Å². The standard InChI is InChI=1S/C26H42O3Si/c1-6-10-13-20(5)21-15-16-23-22(21)17-18-24(28-25-14-11-12-19-27-25)26(23)29-30(7-2,8-3)9-4/h15-18,20-21,25H,6-14,19H2,1-5H3. The van der Waals surface area contributed by atoms with Gasteiger partial charge in [-0.2, -0.15) is 0 Å². The number of ether oxygens (including phenoxy) is 2. The number of allylic oxidation sites excluding steroid dienone is 1. The third kappa shape index (κ3) is 5.13. The average molecular weight is 431 g/mol. The molecule has 3 nitrogen and oxygen atoms in total. The summed E-state index contributed by atoms with van der Waals surface area (Å²) in [6.45, 7) is 12.3. The van der Waals surface area contributed by atoms with Gasteiger partial charge >= 0.3 is 0 Å². The van der Waals surface area contributed by atoms with E-state index in [-0.39, 0.29) is 6.29 Å². The lowest BCUT2D eigenvalue weighted by Crippen LogP contribution is -2.39. The molecule has 3 rings (SSSR count). The van der Waals surface area contributed by atoms with Gasteiger partial charge in [0.05, 0.1) is 6.61 Å². The van der Waals surface area contributed by atoms with Crippen LogP contribution < -0.4 is 9.16 Å². The van der Waals surface area contributed by atoms with Crippen LogP contribution >= 0.6 is 0 Å². The average Bonchev–Trinajstić information content (AvgIpc) is 3.22. The largest absolute Gasteiger partial charge is 0.541 e. The van der Waals surface area contributed by atoms with Gasteiger partial charge in [-0.1, -0.05) is 65.7 Å². The molecule has 1 aliphatic heterocycles. The van der Waals surface area contributed by atoms with E-state index >= 15 is 0 Å². The lowest BCUT2D eigenvalue weighted by atomic mass is 9.85. The van der Waals surface area contributed by atoms with Crippen LogP contribution in [0.5, 0.6) is 11.5 Å². The molecule has 1 aromatic carbocycles. The SMILES string of the molecule is CCCCC(C)C1C=Cc2c1ccc(OC1CCCCO1)c2O[Si](CC)(CC)CC. The molecule has 0 N–H and O–H groups in total. The predicted molar refractivity (Wildman–Crippen MR) is 129 cm³/mol. The molecule has 0 spiro atoms. The Balaban J connectivity index is 1.94.